The zero-order valence-electron chi connectivity index (χ0n) is 8.54. The van der Waals surface area contributed by atoms with Gasteiger partial charge in [-0.25, -0.2) is 0 Å². The largest absolute Gasteiger partial charge is 0.550 e. The highest BCUT2D eigenvalue weighted by Crippen LogP contribution is 2.09. The molecule has 0 heterocycles. The molecule has 0 N–H and O–H groups in total. The van der Waals surface area contributed by atoms with Crippen LogP contribution in [-0.2, 0) is 9.84 Å². The van der Waals surface area contributed by atoms with Crippen molar-refractivity contribution < 1.29 is 14.6 Å². The first kappa shape index (κ1) is 12.3. The summed E-state index contributed by atoms with van der Waals surface area (Å²) < 4.78 is 4.46. The predicted octanol–water partition coefficient (Wildman–Crippen LogP) is 3.30. The zero-order valence-corrected chi connectivity index (χ0v) is 8.54. The number of unbranched alkanes of at least 4 members (excludes halogenated alkanes) is 4. The molecule has 0 saturated heterocycles. The lowest BCUT2D eigenvalue weighted by atomic mass is 10.1. The summed E-state index contributed by atoms with van der Waals surface area (Å²) in [7, 11) is 0. The van der Waals surface area contributed by atoms with Gasteiger partial charge in [0.2, 0.25) is 0 Å². The van der Waals surface area contributed by atoms with Gasteiger partial charge < -0.3 is 4.74 Å². The molecule has 0 aromatic carbocycles. The monoisotopic (exact) mass is 187 g/mol. The molecule has 1 atom stereocenters. The summed E-state index contributed by atoms with van der Waals surface area (Å²) in [5, 5.41) is 10.0. The van der Waals surface area contributed by atoms with Crippen LogP contribution in [0.25, 0.3) is 0 Å². The SMILES string of the molecule is CCCCCCCC(C)OC([O])=O. The van der Waals surface area contributed by atoms with E-state index in [0.29, 0.717) is 0 Å². The fraction of sp³-hybridized carbons (Fsp3) is 0.900. The molecule has 0 aliphatic heterocycles. The number of hydrogen-bond donors (Lipinski definition) is 0. The summed E-state index contributed by atoms with van der Waals surface area (Å²) >= 11 is 0. The lowest BCUT2D eigenvalue weighted by Gasteiger charge is -2.08. The van der Waals surface area contributed by atoms with E-state index in [4.69, 9.17) is 0 Å². The molecule has 0 amide bonds. The molecule has 0 bridgehead atoms. The van der Waals surface area contributed by atoms with Crippen LogP contribution in [0, 0.1) is 0 Å². The number of ether oxygens (including phenoxy) is 1. The molecular weight excluding hydrogens is 168 g/mol. The molecule has 1 radical (unpaired) electrons. The van der Waals surface area contributed by atoms with E-state index >= 15 is 0 Å². The maximum Gasteiger partial charge on any atom is 0.550 e. The van der Waals surface area contributed by atoms with Gasteiger partial charge in [0, 0.05) is 0 Å². The summed E-state index contributed by atoms with van der Waals surface area (Å²) in [6.07, 6.45) is 5.09. The second kappa shape index (κ2) is 7.90. The van der Waals surface area contributed by atoms with Gasteiger partial charge >= 0.3 is 6.16 Å². The Bertz CT molecular complexity index is 134. The van der Waals surface area contributed by atoms with Crippen LogP contribution in [0.15, 0.2) is 0 Å². The Morgan fingerprint density at radius 1 is 1.23 bits per heavy atom. The van der Waals surface area contributed by atoms with E-state index in [9.17, 15) is 9.90 Å². The van der Waals surface area contributed by atoms with Crippen LogP contribution in [0.1, 0.15) is 52.4 Å². The van der Waals surface area contributed by atoms with E-state index in [2.05, 4.69) is 11.7 Å². The molecular formula is C10H19O3. The van der Waals surface area contributed by atoms with Crippen LogP contribution in [0.2, 0.25) is 0 Å². The number of hydrogen-bond acceptors (Lipinski definition) is 2. The van der Waals surface area contributed by atoms with Crippen molar-refractivity contribution in [1.29, 1.82) is 0 Å². The van der Waals surface area contributed by atoms with Gasteiger partial charge in [-0.1, -0.05) is 32.6 Å². The summed E-state index contributed by atoms with van der Waals surface area (Å²) in [4.78, 5) is 10.0. The third kappa shape index (κ3) is 9.18. The topological polar surface area (TPSA) is 46.2 Å². The van der Waals surface area contributed by atoms with Crippen molar-refractivity contribution >= 4 is 6.16 Å². The van der Waals surface area contributed by atoms with E-state index in [0.717, 1.165) is 19.3 Å². The second-order valence-corrected chi connectivity index (χ2v) is 3.38. The maximum atomic E-state index is 10.0. The van der Waals surface area contributed by atoms with E-state index in [1.54, 1.807) is 6.92 Å². The van der Waals surface area contributed by atoms with E-state index in [1.807, 2.05) is 0 Å². The minimum absolute atomic E-state index is 0.216. The van der Waals surface area contributed by atoms with Crippen molar-refractivity contribution in [2.75, 3.05) is 0 Å². The molecule has 3 nitrogen and oxygen atoms in total. The van der Waals surface area contributed by atoms with Crippen LogP contribution in [0.3, 0.4) is 0 Å². The molecule has 0 fully saturated rings. The quantitative estimate of drug-likeness (QED) is 0.453. The highest BCUT2D eigenvalue weighted by molar-refractivity contribution is 5.56. The third-order valence-corrected chi connectivity index (χ3v) is 2.01. The van der Waals surface area contributed by atoms with Crippen molar-refractivity contribution in [3.8, 4) is 0 Å². The van der Waals surface area contributed by atoms with Crippen molar-refractivity contribution in [2.45, 2.75) is 58.5 Å². The fourth-order valence-corrected chi connectivity index (χ4v) is 1.26. The molecule has 0 aliphatic carbocycles. The minimum atomic E-state index is -1.42. The summed E-state index contributed by atoms with van der Waals surface area (Å²) in [5.74, 6) is 0. The van der Waals surface area contributed by atoms with Crippen LogP contribution < -0.4 is 0 Å². The predicted molar refractivity (Wildman–Crippen MR) is 50.0 cm³/mol. The van der Waals surface area contributed by atoms with E-state index in [1.165, 1.54) is 19.3 Å². The summed E-state index contributed by atoms with van der Waals surface area (Å²) in [6.45, 7) is 3.93. The first-order chi connectivity index (χ1) is 6.16. The zero-order chi connectivity index (χ0) is 10.1. The normalized spacial score (nSPS) is 12.5. The Labute approximate surface area is 80.1 Å². The smallest absolute Gasteiger partial charge is 0.429 e. The van der Waals surface area contributed by atoms with Crippen LogP contribution in [0.5, 0.6) is 0 Å². The molecule has 13 heavy (non-hydrogen) atoms. The molecule has 0 spiro atoms. The molecule has 0 aliphatic rings. The van der Waals surface area contributed by atoms with Gasteiger partial charge in [-0.15, -0.1) is 0 Å². The van der Waals surface area contributed by atoms with Gasteiger partial charge in [0.1, 0.15) is 6.10 Å². The molecule has 0 aromatic heterocycles. The highest BCUT2D eigenvalue weighted by Gasteiger charge is 2.07. The maximum absolute atomic E-state index is 10.0. The molecule has 77 valence electrons. The van der Waals surface area contributed by atoms with Crippen molar-refractivity contribution in [1.82, 2.24) is 0 Å². The standard InChI is InChI=1S/C10H19O3/c1-3-4-5-6-7-8-9(2)13-10(11)12/h9H,3-8H2,1-2H3. The lowest BCUT2D eigenvalue weighted by Crippen LogP contribution is -2.11. The average Bonchev–Trinajstić information content (AvgIpc) is 2.02. The van der Waals surface area contributed by atoms with Crippen LogP contribution in [0.4, 0.5) is 4.79 Å². The van der Waals surface area contributed by atoms with Crippen molar-refractivity contribution in [3.63, 3.8) is 0 Å². The number of carbonyl (C=O) groups excluding carboxylic acids is 1. The molecule has 0 rings (SSSR count). The van der Waals surface area contributed by atoms with Crippen molar-refractivity contribution in [3.05, 3.63) is 0 Å². The molecule has 3 heteroatoms. The lowest BCUT2D eigenvalue weighted by molar-refractivity contribution is 0.0350. The Morgan fingerprint density at radius 3 is 2.38 bits per heavy atom. The van der Waals surface area contributed by atoms with Gasteiger partial charge in [0.25, 0.3) is 0 Å². The van der Waals surface area contributed by atoms with Gasteiger partial charge in [-0.05, 0) is 19.8 Å². The van der Waals surface area contributed by atoms with Gasteiger partial charge in [-0.3, -0.25) is 0 Å². The second-order valence-electron chi connectivity index (χ2n) is 3.38. The average molecular weight is 187 g/mol. The van der Waals surface area contributed by atoms with Gasteiger partial charge in [0.15, 0.2) is 0 Å². The van der Waals surface area contributed by atoms with Crippen LogP contribution >= 0.6 is 0 Å². The van der Waals surface area contributed by atoms with Gasteiger partial charge in [0.05, 0.1) is 0 Å². The Morgan fingerprint density at radius 2 is 1.85 bits per heavy atom. The van der Waals surface area contributed by atoms with E-state index in [-0.39, 0.29) is 6.10 Å². The highest BCUT2D eigenvalue weighted by atomic mass is 16.7. The molecule has 0 saturated carbocycles. The number of rotatable bonds is 7. The third-order valence-electron chi connectivity index (χ3n) is 2.01. The minimum Gasteiger partial charge on any atom is -0.429 e. The number of carbonyl (C=O) groups is 1. The van der Waals surface area contributed by atoms with Gasteiger partial charge in [-0.2, -0.15) is 9.90 Å². The fourth-order valence-electron chi connectivity index (χ4n) is 1.26. The molecule has 0 aromatic rings. The van der Waals surface area contributed by atoms with Crippen LogP contribution in [-0.4, -0.2) is 12.3 Å². The Kier molecular flexibility index (Phi) is 7.45. The molecule has 1 unspecified atom stereocenters. The summed E-state index contributed by atoms with van der Waals surface area (Å²) in [6, 6.07) is 0. The Balaban J connectivity index is 3.17. The Hall–Kier alpha value is -0.730. The first-order valence-electron chi connectivity index (χ1n) is 5.04. The van der Waals surface area contributed by atoms with Crippen molar-refractivity contribution in [2.24, 2.45) is 0 Å². The first-order valence-corrected chi connectivity index (χ1v) is 5.04. The summed E-state index contributed by atoms with van der Waals surface area (Å²) in [5.41, 5.74) is 0. The van der Waals surface area contributed by atoms with E-state index < -0.39 is 6.16 Å².